The van der Waals surface area contributed by atoms with Crippen molar-refractivity contribution in [2.75, 3.05) is 6.61 Å². The van der Waals surface area contributed by atoms with E-state index in [2.05, 4.69) is 24.7 Å². The molecule has 3 aromatic rings. The van der Waals surface area contributed by atoms with Crippen LogP contribution in [0.5, 0.6) is 11.5 Å². The van der Waals surface area contributed by atoms with Crippen LogP contribution < -0.4 is 20.3 Å². The van der Waals surface area contributed by atoms with Crippen molar-refractivity contribution in [2.45, 2.75) is 45.6 Å². The van der Waals surface area contributed by atoms with Gasteiger partial charge in [-0.2, -0.15) is 0 Å². The van der Waals surface area contributed by atoms with Crippen molar-refractivity contribution < 1.29 is 19.1 Å². The van der Waals surface area contributed by atoms with E-state index in [4.69, 9.17) is 9.47 Å². The van der Waals surface area contributed by atoms with Crippen molar-refractivity contribution in [1.82, 2.24) is 10.9 Å². The van der Waals surface area contributed by atoms with Gasteiger partial charge < -0.3 is 9.47 Å². The van der Waals surface area contributed by atoms with Crippen molar-refractivity contribution in [3.05, 3.63) is 84.4 Å². The lowest BCUT2D eigenvalue weighted by Crippen LogP contribution is -2.49. The highest BCUT2D eigenvalue weighted by Crippen LogP contribution is 2.30. The summed E-state index contributed by atoms with van der Waals surface area (Å²) >= 11 is 0. The molecule has 0 saturated heterocycles. The smallest absolute Gasteiger partial charge is 0.279 e. The standard InChI is InChI=1S/C28H32N2O4/c1-4-20(3)22-15-9-12-18-26(22)34-24(5-2)28(32)30-29-27(31)19-33-25-17-11-10-16-23(25)21-13-7-6-8-14-21/h6-18,20,24H,4-5,19H2,1-3H3,(H,29,31)(H,30,32). The molecule has 0 bridgehead atoms. The average molecular weight is 461 g/mol. The van der Waals surface area contributed by atoms with Crippen molar-refractivity contribution >= 4 is 11.8 Å². The summed E-state index contributed by atoms with van der Waals surface area (Å²) in [6.07, 6.45) is 0.690. The summed E-state index contributed by atoms with van der Waals surface area (Å²) in [5.41, 5.74) is 7.82. The first-order valence-corrected chi connectivity index (χ1v) is 11.6. The van der Waals surface area contributed by atoms with Gasteiger partial charge in [0, 0.05) is 5.56 Å². The molecule has 0 fully saturated rings. The Hall–Kier alpha value is -3.80. The van der Waals surface area contributed by atoms with Gasteiger partial charge in [-0.15, -0.1) is 0 Å². The van der Waals surface area contributed by atoms with Crippen molar-refractivity contribution in [3.63, 3.8) is 0 Å². The first-order valence-electron chi connectivity index (χ1n) is 11.6. The van der Waals surface area contributed by atoms with Gasteiger partial charge in [-0.1, -0.05) is 87.5 Å². The molecule has 6 heteroatoms. The molecule has 0 heterocycles. The normalized spacial score (nSPS) is 12.3. The lowest BCUT2D eigenvalue weighted by Gasteiger charge is -2.21. The van der Waals surface area contributed by atoms with Gasteiger partial charge in [0.15, 0.2) is 12.7 Å². The molecule has 2 unspecified atom stereocenters. The number of amides is 2. The molecule has 0 aliphatic rings. The van der Waals surface area contributed by atoms with E-state index in [9.17, 15) is 9.59 Å². The zero-order valence-electron chi connectivity index (χ0n) is 19.9. The lowest BCUT2D eigenvalue weighted by atomic mass is 9.98. The van der Waals surface area contributed by atoms with Gasteiger partial charge in [0.05, 0.1) is 0 Å². The van der Waals surface area contributed by atoms with Gasteiger partial charge >= 0.3 is 0 Å². The molecule has 178 valence electrons. The molecule has 0 spiro atoms. The van der Waals surface area contributed by atoms with E-state index in [1.165, 1.54) is 0 Å². The SMILES string of the molecule is CCC(Oc1ccccc1C(C)CC)C(=O)NNC(=O)COc1ccccc1-c1ccccc1. The Balaban J connectivity index is 1.55. The number of hydrogen-bond donors (Lipinski definition) is 2. The zero-order chi connectivity index (χ0) is 24.3. The van der Waals surface area contributed by atoms with E-state index >= 15 is 0 Å². The number of carbonyl (C=O) groups excluding carboxylic acids is 2. The molecule has 2 atom stereocenters. The van der Waals surface area contributed by atoms with Crippen LogP contribution >= 0.6 is 0 Å². The molecule has 3 rings (SSSR count). The third kappa shape index (κ3) is 6.61. The van der Waals surface area contributed by atoms with Crippen LogP contribution in [-0.4, -0.2) is 24.5 Å². The molecule has 2 N–H and O–H groups in total. The molecular weight excluding hydrogens is 428 g/mol. The maximum absolute atomic E-state index is 12.7. The highest BCUT2D eigenvalue weighted by Gasteiger charge is 2.21. The second-order valence-corrected chi connectivity index (χ2v) is 8.05. The minimum atomic E-state index is -0.731. The fourth-order valence-corrected chi connectivity index (χ4v) is 3.53. The lowest BCUT2D eigenvalue weighted by molar-refractivity contribution is -0.134. The van der Waals surface area contributed by atoms with E-state index in [0.717, 1.165) is 23.1 Å². The largest absolute Gasteiger partial charge is 0.483 e. The van der Waals surface area contributed by atoms with Crippen LogP contribution in [-0.2, 0) is 9.59 Å². The highest BCUT2D eigenvalue weighted by molar-refractivity contribution is 5.85. The molecule has 34 heavy (non-hydrogen) atoms. The van der Waals surface area contributed by atoms with E-state index < -0.39 is 17.9 Å². The highest BCUT2D eigenvalue weighted by atomic mass is 16.5. The molecule has 3 aromatic carbocycles. The Morgan fingerprint density at radius 1 is 0.794 bits per heavy atom. The van der Waals surface area contributed by atoms with Crippen molar-refractivity contribution in [1.29, 1.82) is 0 Å². The first kappa shape index (κ1) is 24.8. The number of ether oxygens (including phenoxy) is 2. The summed E-state index contributed by atoms with van der Waals surface area (Å²) in [4.78, 5) is 25.0. The van der Waals surface area contributed by atoms with Crippen molar-refractivity contribution in [2.24, 2.45) is 0 Å². The number of hydrogen-bond acceptors (Lipinski definition) is 4. The van der Waals surface area contributed by atoms with Crippen molar-refractivity contribution in [3.8, 4) is 22.6 Å². The van der Waals surface area contributed by atoms with Crippen LogP contribution in [0.1, 0.15) is 45.1 Å². The zero-order valence-corrected chi connectivity index (χ0v) is 19.9. The monoisotopic (exact) mass is 460 g/mol. The number of para-hydroxylation sites is 2. The van der Waals surface area contributed by atoms with Crippen LogP contribution in [0.3, 0.4) is 0 Å². The summed E-state index contributed by atoms with van der Waals surface area (Å²) in [5.74, 6) is 0.704. The van der Waals surface area contributed by atoms with Crippen LogP contribution in [0, 0.1) is 0 Å². The molecular formula is C28H32N2O4. The Bertz CT molecular complexity index is 1080. The number of benzene rings is 3. The van der Waals surface area contributed by atoms with Gasteiger partial charge in [-0.3, -0.25) is 20.4 Å². The Labute approximate surface area is 201 Å². The van der Waals surface area contributed by atoms with Gasteiger partial charge in [-0.25, -0.2) is 0 Å². The number of rotatable bonds is 10. The Morgan fingerprint density at radius 3 is 2.15 bits per heavy atom. The quantitative estimate of drug-likeness (QED) is 0.405. The van der Waals surface area contributed by atoms with Crippen LogP contribution in [0.4, 0.5) is 0 Å². The van der Waals surface area contributed by atoms with Crippen LogP contribution in [0.25, 0.3) is 11.1 Å². The Morgan fingerprint density at radius 2 is 1.44 bits per heavy atom. The molecule has 0 radical (unpaired) electrons. The minimum absolute atomic E-state index is 0.237. The van der Waals surface area contributed by atoms with Gasteiger partial charge in [0.2, 0.25) is 0 Å². The number of carbonyl (C=O) groups is 2. The molecule has 2 amide bonds. The average Bonchev–Trinajstić information content (AvgIpc) is 2.89. The topological polar surface area (TPSA) is 76.7 Å². The maximum atomic E-state index is 12.7. The summed E-state index contributed by atoms with van der Waals surface area (Å²) in [6, 6.07) is 25.0. The third-order valence-electron chi connectivity index (χ3n) is 5.65. The minimum Gasteiger partial charge on any atom is -0.483 e. The second kappa shape index (κ2) is 12.4. The van der Waals surface area contributed by atoms with Gasteiger partial charge in [-0.05, 0) is 42.0 Å². The van der Waals surface area contributed by atoms with Crippen LogP contribution in [0.15, 0.2) is 78.9 Å². The molecule has 0 aromatic heterocycles. The third-order valence-corrected chi connectivity index (χ3v) is 5.65. The summed E-state index contributed by atoms with van der Waals surface area (Å²) < 4.78 is 11.7. The van der Waals surface area contributed by atoms with Gasteiger partial charge in [0.1, 0.15) is 11.5 Å². The molecule has 0 saturated carbocycles. The fraction of sp³-hybridized carbons (Fsp3) is 0.286. The maximum Gasteiger partial charge on any atom is 0.279 e. The van der Waals surface area contributed by atoms with E-state index in [1.807, 2.05) is 85.8 Å². The van der Waals surface area contributed by atoms with E-state index in [-0.39, 0.29) is 6.61 Å². The predicted molar refractivity (Wildman–Crippen MR) is 134 cm³/mol. The van der Waals surface area contributed by atoms with Crippen LogP contribution in [0.2, 0.25) is 0 Å². The Kier molecular flexibility index (Phi) is 9.09. The van der Waals surface area contributed by atoms with Gasteiger partial charge in [0.25, 0.3) is 11.8 Å². The number of nitrogens with one attached hydrogen (secondary N) is 2. The summed E-state index contributed by atoms with van der Waals surface area (Å²) in [5, 5.41) is 0. The first-order chi connectivity index (χ1) is 16.5. The summed E-state index contributed by atoms with van der Waals surface area (Å²) in [7, 11) is 0. The number of hydrazine groups is 1. The molecule has 0 aliphatic heterocycles. The van der Waals surface area contributed by atoms with E-state index in [0.29, 0.717) is 23.8 Å². The molecule has 6 nitrogen and oxygen atoms in total. The molecule has 0 aliphatic carbocycles. The second-order valence-electron chi connectivity index (χ2n) is 8.05. The van der Waals surface area contributed by atoms with E-state index in [1.54, 1.807) is 0 Å². The predicted octanol–water partition coefficient (Wildman–Crippen LogP) is 5.25. The fourth-order valence-electron chi connectivity index (χ4n) is 3.53. The summed E-state index contributed by atoms with van der Waals surface area (Å²) in [6.45, 7) is 5.86.